The fourth-order valence-corrected chi connectivity index (χ4v) is 5.90. The predicted molar refractivity (Wildman–Crippen MR) is 143 cm³/mol. The van der Waals surface area contributed by atoms with E-state index in [0.717, 1.165) is 28.7 Å². The number of thiazole rings is 1. The second-order valence-corrected chi connectivity index (χ2v) is 10.4. The van der Waals surface area contributed by atoms with Crippen molar-refractivity contribution in [2.24, 2.45) is 0 Å². The van der Waals surface area contributed by atoms with Gasteiger partial charge in [-0.05, 0) is 72.9 Å². The van der Waals surface area contributed by atoms with Gasteiger partial charge in [0.15, 0.2) is 5.13 Å². The number of rotatable bonds is 5. The fourth-order valence-electron chi connectivity index (χ4n) is 5.34. The van der Waals surface area contributed by atoms with Gasteiger partial charge in [0.25, 0.3) is 0 Å². The molecule has 0 atom stereocenters. The Morgan fingerprint density at radius 1 is 0.765 bits per heavy atom. The predicted octanol–water partition coefficient (Wildman–Crippen LogP) is 8.19. The molecule has 2 saturated carbocycles. The summed E-state index contributed by atoms with van der Waals surface area (Å²) in [7, 11) is 3.42. The fraction of sp³-hybridized carbons (Fsp3) is 0.483. The first-order chi connectivity index (χ1) is 16.7. The van der Waals surface area contributed by atoms with Crippen molar-refractivity contribution in [2.75, 3.05) is 20.0 Å². The highest BCUT2D eigenvalue weighted by Gasteiger charge is 2.18. The highest BCUT2D eigenvalue weighted by atomic mass is 32.1. The van der Waals surface area contributed by atoms with Gasteiger partial charge in [0.05, 0.1) is 19.9 Å². The number of hydrogen-bond donors (Lipinski definition) is 1. The van der Waals surface area contributed by atoms with Crippen molar-refractivity contribution in [2.45, 2.75) is 76.0 Å². The van der Waals surface area contributed by atoms with Gasteiger partial charge in [-0.3, -0.25) is 0 Å². The molecule has 2 aliphatic rings. The summed E-state index contributed by atoms with van der Waals surface area (Å²) in [5.41, 5.74) is 10.6. The van der Waals surface area contributed by atoms with Crippen LogP contribution in [0.3, 0.4) is 0 Å². The van der Waals surface area contributed by atoms with E-state index in [-0.39, 0.29) is 0 Å². The number of nitrogens with zero attached hydrogens (tertiary/aromatic N) is 1. The van der Waals surface area contributed by atoms with E-state index in [1.807, 2.05) is 5.38 Å². The number of methoxy groups -OCH3 is 2. The first kappa shape index (κ1) is 24.6. The maximum Gasteiger partial charge on any atom is 0.180 e. The monoisotopic (exact) mass is 478 g/mol. The molecule has 2 N–H and O–H groups in total. The summed E-state index contributed by atoms with van der Waals surface area (Å²) in [6.07, 6.45) is 13.6. The molecule has 0 radical (unpaired) electrons. The molecule has 2 fully saturated rings. The van der Waals surface area contributed by atoms with Gasteiger partial charge < -0.3 is 15.2 Å². The van der Waals surface area contributed by atoms with E-state index in [9.17, 15) is 0 Å². The Hall–Kier alpha value is -2.53. The SMILES string of the molecule is COc1ccc(C2CCCCC2)cc1.COc1ccc(C2CCCCC2)cc1-c1csc(N)n1. The molecule has 0 spiro atoms. The Labute approximate surface area is 208 Å². The van der Waals surface area contributed by atoms with E-state index in [2.05, 4.69) is 47.4 Å². The highest BCUT2D eigenvalue weighted by Crippen LogP contribution is 2.38. The minimum absolute atomic E-state index is 0.602. The molecule has 5 rings (SSSR count). The van der Waals surface area contributed by atoms with Gasteiger partial charge in [-0.1, -0.05) is 56.7 Å². The molecule has 1 aromatic heterocycles. The summed E-state index contributed by atoms with van der Waals surface area (Å²) < 4.78 is 10.6. The van der Waals surface area contributed by atoms with Gasteiger partial charge in [0.1, 0.15) is 11.5 Å². The van der Waals surface area contributed by atoms with Crippen LogP contribution >= 0.6 is 11.3 Å². The molecule has 34 heavy (non-hydrogen) atoms. The van der Waals surface area contributed by atoms with E-state index in [1.54, 1.807) is 14.2 Å². The normalized spacial score (nSPS) is 17.0. The molecule has 0 unspecified atom stereocenters. The minimum atomic E-state index is 0.602. The lowest BCUT2D eigenvalue weighted by Crippen LogP contribution is -2.05. The average Bonchev–Trinajstić information content (AvgIpc) is 3.36. The first-order valence-electron chi connectivity index (χ1n) is 12.7. The van der Waals surface area contributed by atoms with Crippen LogP contribution < -0.4 is 15.2 Å². The molecule has 4 nitrogen and oxygen atoms in total. The average molecular weight is 479 g/mol. The zero-order valence-corrected chi connectivity index (χ0v) is 21.4. The van der Waals surface area contributed by atoms with E-state index < -0.39 is 0 Å². The van der Waals surface area contributed by atoms with E-state index in [4.69, 9.17) is 15.2 Å². The Balaban J connectivity index is 0.000000172. The van der Waals surface area contributed by atoms with Crippen molar-refractivity contribution in [3.63, 3.8) is 0 Å². The topological polar surface area (TPSA) is 57.4 Å². The van der Waals surface area contributed by atoms with E-state index in [0.29, 0.717) is 11.0 Å². The number of nitrogens with two attached hydrogens (primary N) is 1. The van der Waals surface area contributed by atoms with Crippen LogP contribution in [0.2, 0.25) is 0 Å². The number of ether oxygens (including phenoxy) is 2. The summed E-state index contributed by atoms with van der Waals surface area (Å²) in [6, 6.07) is 15.1. The van der Waals surface area contributed by atoms with Gasteiger partial charge in [0, 0.05) is 10.9 Å². The number of nitrogen functional groups attached to an aromatic ring is 1. The van der Waals surface area contributed by atoms with Crippen molar-refractivity contribution < 1.29 is 9.47 Å². The highest BCUT2D eigenvalue weighted by molar-refractivity contribution is 7.13. The van der Waals surface area contributed by atoms with Crippen molar-refractivity contribution in [3.8, 4) is 22.8 Å². The quantitative estimate of drug-likeness (QED) is 0.401. The van der Waals surface area contributed by atoms with Crippen molar-refractivity contribution >= 4 is 16.5 Å². The molecule has 0 bridgehead atoms. The van der Waals surface area contributed by atoms with Crippen LogP contribution in [0.1, 0.15) is 87.2 Å². The number of hydrogen-bond acceptors (Lipinski definition) is 5. The molecular weight excluding hydrogens is 440 g/mol. The third-order valence-electron chi connectivity index (χ3n) is 7.29. The van der Waals surface area contributed by atoms with Crippen molar-refractivity contribution in [1.29, 1.82) is 0 Å². The maximum atomic E-state index is 5.75. The van der Waals surface area contributed by atoms with Crippen molar-refractivity contribution in [3.05, 3.63) is 59.0 Å². The van der Waals surface area contributed by atoms with Gasteiger partial charge in [0.2, 0.25) is 0 Å². The van der Waals surface area contributed by atoms with Crippen LogP contribution in [-0.4, -0.2) is 19.2 Å². The van der Waals surface area contributed by atoms with Crippen LogP contribution in [0.25, 0.3) is 11.3 Å². The molecule has 0 amide bonds. The lowest BCUT2D eigenvalue weighted by Gasteiger charge is -2.22. The molecule has 2 aliphatic carbocycles. The van der Waals surface area contributed by atoms with Crippen molar-refractivity contribution in [1.82, 2.24) is 4.98 Å². The Kier molecular flexibility index (Phi) is 8.86. The zero-order chi connectivity index (χ0) is 23.8. The molecule has 182 valence electrons. The number of benzene rings is 2. The second kappa shape index (κ2) is 12.3. The third kappa shape index (κ3) is 6.32. The van der Waals surface area contributed by atoms with Gasteiger partial charge >= 0.3 is 0 Å². The Bertz CT molecular complexity index is 1020. The molecule has 0 saturated heterocycles. The molecule has 1 heterocycles. The molecular formula is C29H38N2O2S. The molecule has 5 heteroatoms. The third-order valence-corrected chi connectivity index (χ3v) is 7.96. The van der Waals surface area contributed by atoms with Crippen LogP contribution in [0.5, 0.6) is 11.5 Å². The van der Waals surface area contributed by atoms with E-state index in [1.165, 1.54) is 86.7 Å². The zero-order valence-electron chi connectivity index (χ0n) is 20.6. The lowest BCUT2D eigenvalue weighted by molar-refractivity contribution is 0.413. The molecule has 3 aromatic rings. The van der Waals surface area contributed by atoms with E-state index >= 15 is 0 Å². The Morgan fingerprint density at radius 2 is 1.35 bits per heavy atom. The van der Waals surface area contributed by atoms with Crippen LogP contribution in [0.4, 0.5) is 5.13 Å². The van der Waals surface area contributed by atoms with Crippen LogP contribution in [-0.2, 0) is 0 Å². The summed E-state index contributed by atoms with van der Waals surface area (Å²) in [4.78, 5) is 4.39. The minimum Gasteiger partial charge on any atom is -0.497 e. The summed E-state index contributed by atoms with van der Waals surface area (Å²) >= 11 is 1.47. The van der Waals surface area contributed by atoms with Gasteiger partial charge in [-0.25, -0.2) is 4.98 Å². The van der Waals surface area contributed by atoms with Gasteiger partial charge in [-0.2, -0.15) is 0 Å². The van der Waals surface area contributed by atoms with Gasteiger partial charge in [-0.15, -0.1) is 11.3 Å². The second-order valence-electron chi connectivity index (χ2n) is 9.47. The summed E-state index contributed by atoms with van der Waals surface area (Å²) in [5, 5.41) is 2.60. The smallest absolute Gasteiger partial charge is 0.180 e. The first-order valence-corrected chi connectivity index (χ1v) is 13.6. The standard InChI is InChI=1S/C16H20N2OS.C13H18O/c1-19-15-8-7-12(11-5-3-2-4-6-11)9-13(15)14-10-20-16(17)18-14;1-14-13-9-7-12(8-10-13)11-5-3-2-4-6-11/h7-11H,2-6H2,1H3,(H2,17,18);7-11H,2-6H2,1H3. The molecule has 2 aromatic carbocycles. The number of anilines is 1. The lowest BCUT2D eigenvalue weighted by atomic mass is 9.83. The largest absolute Gasteiger partial charge is 0.497 e. The number of aromatic nitrogens is 1. The summed E-state index contributed by atoms with van der Waals surface area (Å²) in [5.74, 6) is 3.32. The molecule has 0 aliphatic heterocycles. The van der Waals surface area contributed by atoms with Crippen LogP contribution in [0, 0.1) is 0 Å². The Morgan fingerprint density at radius 3 is 1.88 bits per heavy atom. The van der Waals surface area contributed by atoms with Crippen LogP contribution in [0.15, 0.2) is 47.8 Å². The maximum absolute atomic E-state index is 5.75. The summed E-state index contributed by atoms with van der Waals surface area (Å²) in [6.45, 7) is 0.